The molecule has 1 amide bonds. The van der Waals surface area contributed by atoms with E-state index in [0.29, 0.717) is 24.3 Å². The summed E-state index contributed by atoms with van der Waals surface area (Å²) in [5.41, 5.74) is 8.62. The van der Waals surface area contributed by atoms with Crippen molar-refractivity contribution in [3.63, 3.8) is 0 Å². The third-order valence-electron chi connectivity index (χ3n) is 5.21. The molecule has 1 aliphatic heterocycles. The quantitative estimate of drug-likeness (QED) is 0.741. The molecule has 6 heteroatoms. The Balaban J connectivity index is 1.80. The van der Waals surface area contributed by atoms with Crippen LogP contribution in [0.1, 0.15) is 43.0 Å². The third-order valence-corrected chi connectivity index (χ3v) is 5.21. The van der Waals surface area contributed by atoms with Gasteiger partial charge < -0.3 is 21.3 Å². The summed E-state index contributed by atoms with van der Waals surface area (Å²) < 4.78 is 13.3. The van der Waals surface area contributed by atoms with E-state index in [1.54, 1.807) is 13.1 Å². The normalized spacial score (nSPS) is 24.4. The standard InChI is InChI=1S/C18H27FN4O/c1-11-3-5-13(6-4-11)22-18(24)14-7-15(20)16(21-2)8-17(14)23-9-12(19)10-23/h7-8,11-13,21H,3-6,9-10,20H2,1-2H3,(H,22,24). The van der Waals surface area contributed by atoms with Crippen molar-refractivity contribution in [2.24, 2.45) is 5.92 Å². The van der Waals surface area contributed by atoms with Crippen molar-refractivity contribution in [1.29, 1.82) is 0 Å². The number of carbonyl (C=O) groups is 1. The molecule has 0 spiro atoms. The Morgan fingerprint density at radius 1 is 1.25 bits per heavy atom. The van der Waals surface area contributed by atoms with E-state index in [2.05, 4.69) is 17.6 Å². The van der Waals surface area contributed by atoms with Crippen LogP contribution in [-0.4, -0.2) is 38.3 Å². The molecule has 132 valence electrons. The van der Waals surface area contributed by atoms with Crippen molar-refractivity contribution in [3.05, 3.63) is 17.7 Å². The summed E-state index contributed by atoms with van der Waals surface area (Å²) in [4.78, 5) is 14.7. The van der Waals surface area contributed by atoms with Gasteiger partial charge in [-0.15, -0.1) is 0 Å². The van der Waals surface area contributed by atoms with Gasteiger partial charge in [0.25, 0.3) is 5.91 Å². The molecule has 24 heavy (non-hydrogen) atoms. The fourth-order valence-corrected chi connectivity index (χ4v) is 3.55. The smallest absolute Gasteiger partial charge is 0.253 e. The van der Waals surface area contributed by atoms with Crippen LogP contribution in [0, 0.1) is 5.92 Å². The lowest BCUT2D eigenvalue weighted by Crippen LogP contribution is -2.49. The molecule has 1 saturated carbocycles. The fourth-order valence-electron chi connectivity index (χ4n) is 3.55. The number of nitrogens with two attached hydrogens (primary N) is 1. The van der Waals surface area contributed by atoms with Crippen LogP contribution in [0.25, 0.3) is 0 Å². The minimum absolute atomic E-state index is 0.110. The minimum Gasteiger partial charge on any atom is -0.397 e. The Kier molecular flexibility index (Phi) is 4.83. The van der Waals surface area contributed by atoms with Gasteiger partial charge in [0, 0.05) is 13.1 Å². The first-order valence-electron chi connectivity index (χ1n) is 8.79. The fraction of sp³-hybridized carbons (Fsp3) is 0.611. The van der Waals surface area contributed by atoms with E-state index >= 15 is 0 Å². The summed E-state index contributed by atoms with van der Waals surface area (Å²) in [6, 6.07) is 3.77. The molecule has 5 nitrogen and oxygen atoms in total. The van der Waals surface area contributed by atoms with E-state index in [9.17, 15) is 9.18 Å². The zero-order valence-corrected chi connectivity index (χ0v) is 14.4. The van der Waals surface area contributed by atoms with E-state index in [4.69, 9.17) is 5.73 Å². The molecule has 4 N–H and O–H groups in total. The summed E-state index contributed by atoms with van der Waals surface area (Å²) >= 11 is 0. The topological polar surface area (TPSA) is 70.4 Å². The number of nitrogens with one attached hydrogen (secondary N) is 2. The SMILES string of the molecule is CNc1cc(N2CC(F)C2)c(C(=O)NC2CCC(C)CC2)cc1N. The molecule has 0 atom stereocenters. The van der Waals surface area contributed by atoms with Crippen molar-refractivity contribution >= 4 is 23.0 Å². The van der Waals surface area contributed by atoms with Gasteiger partial charge in [-0.25, -0.2) is 4.39 Å². The second kappa shape index (κ2) is 6.87. The number of benzene rings is 1. The molecule has 0 bridgehead atoms. The van der Waals surface area contributed by atoms with Crippen LogP contribution in [0.2, 0.25) is 0 Å². The lowest BCUT2D eigenvalue weighted by atomic mass is 9.87. The second-order valence-electron chi connectivity index (χ2n) is 7.14. The molecule has 3 rings (SSSR count). The first-order chi connectivity index (χ1) is 11.5. The molecule has 0 radical (unpaired) electrons. The number of rotatable bonds is 4. The first-order valence-corrected chi connectivity index (χ1v) is 8.79. The number of anilines is 3. The van der Waals surface area contributed by atoms with Crippen LogP contribution in [0.15, 0.2) is 12.1 Å². The van der Waals surface area contributed by atoms with Crippen LogP contribution >= 0.6 is 0 Å². The second-order valence-corrected chi connectivity index (χ2v) is 7.14. The number of halogens is 1. The highest BCUT2D eigenvalue weighted by Gasteiger charge is 2.31. The number of carbonyl (C=O) groups excluding carboxylic acids is 1. The summed E-state index contributed by atoms with van der Waals surface area (Å²) in [7, 11) is 1.78. The molecular formula is C18H27FN4O. The zero-order chi connectivity index (χ0) is 17.3. The molecule has 0 aromatic heterocycles. The van der Waals surface area contributed by atoms with Gasteiger partial charge in [-0.1, -0.05) is 6.92 Å². The van der Waals surface area contributed by atoms with E-state index in [1.165, 1.54) is 0 Å². The van der Waals surface area contributed by atoms with E-state index in [-0.39, 0.29) is 11.9 Å². The van der Waals surface area contributed by atoms with Gasteiger partial charge in [-0.3, -0.25) is 4.79 Å². The number of hydrogen-bond donors (Lipinski definition) is 3. The zero-order valence-electron chi connectivity index (χ0n) is 14.4. The van der Waals surface area contributed by atoms with Crippen molar-refractivity contribution in [2.75, 3.05) is 36.1 Å². The third kappa shape index (κ3) is 3.42. The van der Waals surface area contributed by atoms with Crippen LogP contribution in [0.5, 0.6) is 0 Å². The molecule has 1 heterocycles. The maximum Gasteiger partial charge on any atom is 0.253 e. The minimum atomic E-state index is -0.823. The van der Waals surface area contributed by atoms with Crippen LogP contribution < -0.4 is 21.3 Å². The van der Waals surface area contributed by atoms with Crippen LogP contribution in [-0.2, 0) is 0 Å². The van der Waals surface area contributed by atoms with Gasteiger partial charge in [-0.2, -0.15) is 0 Å². The molecular weight excluding hydrogens is 307 g/mol. The molecule has 1 aliphatic carbocycles. The van der Waals surface area contributed by atoms with Gasteiger partial charge in [0.05, 0.1) is 35.7 Å². The molecule has 1 aromatic carbocycles. The monoisotopic (exact) mass is 334 g/mol. The number of alkyl halides is 1. The van der Waals surface area contributed by atoms with Crippen molar-refractivity contribution in [1.82, 2.24) is 5.32 Å². The summed E-state index contributed by atoms with van der Waals surface area (Å²) in [5.74, 6) is 0.628. The lowest BCUT2D eigenvalue weighted by Gasteiger charge is -2.38. The van der Waals surface area contributed by atoms with E-state index in [1.807, 2.05) is 11.0 Å². The van der Waals surface area contributed by atoms with E-state index < -0.39 is 6.17 Å². The predicted octanol–water partition coefficient (Wildman–Crippen LogP) is 2.78. The summed E-state index contributed by atoms with van der Waals surface area (Å²) in [5, 5.41) is 6.16. The van der Waals surface area contributed by atoms with Crippen LogP contribution in [0.3, 0.4) is 0 Å². The van der Waals surface area contributed by atoms with Crippen LogP contribution in [0.4, 0.5) is 21.5 Å². The number of amides is 1. The van der Waals surface area contributed by atoms with Gasteiger partial charge >= 0.3 is 0 Å². The Morgan fingerprint density at radius 3 is 2.50 bits per heavy atom. The van der Waals surface area contributed by atoms with Gasteiger partial charge in [0.2, 0.25) is 0 Å². The maximum atomic E-state index is 13.3. The average Bonchev–Trinajstić information content (AvgIpc) is 2.54. The maximum absolute atomic E-state index is 13.3. The molecule has 1 aromatic rings. The Bertz CT molecular complexity index is 607. The highest BCUT2D eigenvalue weighted by Crippen LogP contribution is 2.33. The van der Waals surface area contributed by atoms with Gasteiger partial charge in [0.15, 0.2) is 0 Å². The van der Waals surface area contributed by atoms with Crippen molar-refractivity contribution < 1.29 is 9.18 Å². The van der Waals surface area contributed by atoms with E-state index in [0.717, 1.165) is 43.0 Å². The number of nitrogen functional groups attached to an aromatic ring is 1. The highest BCUT2D eigenvalue weighted by atomic mass is 19.1. The number of nitrogens with zero attached hydrogens (tertiary/aromatic N) is 1. The first kappa shape index (κ1) is 16.9. The van der Waals surface area contributed by atoms with Crippen molar-refractivity contribution in [2.45, 2.75) is 44.8 Å². The van der Waals surface area contributed by atoms with Gasteiger partial charge in [0.1, 0.15) is 6.17 Å². The van der Waals surface area contributed by atoms with Crippen molar-refractivity contribution in [3.8, 4) is 0 Å². The van der Waals surface area contributed by atoms with Gasteiger partial charge in [-0.05, 0) is 43.7 Å². The summed E-state index contributed by atoms with van der Waals surface area (Å²) in [6.07, 6.45) is 3.50. The Hall–Kier alpha value is -1.98. The lowest BCUT2D eigenvalue weighted by molar-refractivity contribution is 0.0923. The average molecular weight is 334 g/mol. The number of hydrogen-bond acceptors (Lipinski definition) is 4. The predicted molar refractivity (Wildman–Crippen MR) is 96.4 cm³/mol. The molecule has 0 unspecified atom stereocenters. The largest absolute Gasteiger partial charge is 0.397 e. The molecule has 2 aliphatic rings. The highest BCUT2D eigenvalue weighted by molar-refractivity contribution is 6.02. The molecule has 1 saturated heterocycles. The molecule has 2 fully saturated rings. The Morgan fingerprint density at radius 2 is 1.92 bits per heavy atom. The Labute approximate surface area is 142 Å². The summed E-state index contributed by atoms with van der Waals surface area (Å²) in [6.45, 7) is 2.91.